The van der Waals surface area contributed by atoms with Crippen LogP contribution in [0.25, 0.3) is 0 Å². The Labute approximate surface area is 88.4 Å². The fraction of sp³-hybridized carbons (Fsp3) is 0.778. The normalized spacial score (nSPS) is 10.9. The van der Waals surface area contributed by atoms with Crippen LogP contribution in [0.5, 0.6) is 0 Å². The highest BCUT2D eigenvalue weighted by Crippen LogP contribution is 2.16. The van der Waals surface area contributed by atoms with Crippen LogP contribution in [0.2, 0.25) is 0 Å². The van der Waals surface area contributed by atoms with Gasteiger partial charge >= 0.3 is 18.4 Å². The van der Waals surface area contributed by atoms with Gasteiger partial charge in [-0.05, 0) is 20.8 Å². The maximum absolute atomic E-state index is 11.5. The smallest absolute Gasteiger partial charge is 0.434 e. The van der Waals surface area contributed by atoms with Gasteiger partial charge in [0.05, 0.1) is 19.8 Å². The molecule has 0 fully saturated rings. The SMILES string of the molecule is CCOC(=O)C(O[C]=O)(OCC)OCC. The first kappa shape index (κ1) is 13.9. The number of rotatable bonds is 8. The molecule has 87 valence electrons. The zero-order chi connectivity index (χ0) is 11.7. The van der Waals surface area contributed by atoms with Gasteiger partial charge in [0.2, 0.25) is 0 Å². The van der Waals surface area contributed by atoms with Crippen molar-refractivity contribution in [3.63, 3.8) is 0 Å². The van der Waals surface area contributed by atoms with E-state index < -0.39 is 11.9 Å². The number of hydrogen-bond acceptors (Lipinski definition) is 6. The van der Waals surface area contributed by atoms with Crippen LogP contribution in [0.3, 0.4) is 0 Å². The van der Waals surface area contributed by atoms with Crippen LogP contribution in [0.15, 0.2) is 0 Å². The van der Waals surface area contributed by atoms with Gasteiger partial charge in [-0.3, -0.25) is 0 Å². The molecule has 0 unspecified atom stereocenters. The summed E-state index contributed by atoms with van der Waals surface area (Å²) in [5.41, 5.74) is 0. The Bertz CT molecular complexity index is 197. The molecule has 0 aromatic carbocycles. The Kier molecular flexibility index (Phi) is 6.64. The summed E-state index contributed by atoms with van der Waals surface area (Å²) in [7, 11) is 0. The van der Waals surface area contributed by atoms with Crippen LogP contribution in [-0.4, -0.2) is 38.2 Å². The molecule has 15 heavy (non-hydrogen) atoms. The maximum Gasteiger partial charge on any atom is 0.434 e. The van der Waals surface area contributed by atoms with Gasteiger partial charge in [0.1, 0.15) is 0 Å². The van der Waals surface area contributed by atoms with E-state index in [1.165, 1.54) is 0 Å². The zero-order valence-electron chi connectivity index (χ0n) is 9.07. The molecule has 0 saturated heterocycles. The largest absolute Gasteiger partial charge is 0.459 e. The van der Waals surface area contributed by atoms with Gasteiger partial charge in [-0.2, -0.15) is 0 Å². The van der Waals surface area contributed by atoms with E-state index in [4.69, 9.17) is 9.47 Å². The molecule has 0 spiro atoms. The second kappa shape index (κ2) is 7.19. The monoisotopic (exact) mass is 219 g/mol. The minimum absolute atomic E-state index is 0.125. The van der Waals surface area contributed by atoms with Gasteiger partial charge in [0.15, 0.2) is 0 Å². The van der Waals surface area contributed by atoms with E-state index in [9.17, 15) is 9.59 Å². The number of esters is 1. The molecule has 1 radical (unpaired) electrons. The molecular formula is C9H15O6. The van der Waals surface area contributed by atoms with Crippen LogP contribution in [0.4, 0.5) is 0 Å². The maximum atomic E-state index is 11.5. The van der Waals surface area contributed by atoms with Crippen molar-refractivity contribution in [2.24, 2.45) is 0 Å². The number of hydrogen-bond donors (Lipinski definition) is 0. The highest BCUT2D eigenvalue weighted by atomic mass is 16.9. The average Bonchev–Trinajstić information content (AvgIpc) is 2.19. The molecule has 0 saturated carbocycles. The van der Waals surface area contributed by atoms with Gasteiger partial charge in [-0.25, -0.2) is 9.59 Å². The third-order valence-corrected chi connectivity index (χ3v) is 1.37. The minimum Gasteiger partial charge on any atom is -0.459 e. The van der Waals surface area contributed by atoms with Crippen molar-refractivity contribution in [2.75, 3.05) is 19.8 Å². The lowest BCUT2D eigenvalue weighted by molar-refractivity contribution is -0.334. The van der Waals surface area contributed by atoms with Crippen molar-refractivity contribution in [1.29, 1.82) is 0 Å². The van der Waals surface area contributed by atoms with Gasteiger partial charge in [0, 0.05) is 0 Å². The van der Waals surface area contributed by atoms with E-state index in [0.29, 0.717) is 0 Å². The first-order chi connectivity index (χ1) is 7.16. The van der Waals surface area contributed by atoms with Crippen molar-refractivity contribution in [3.8, 4) is 0 Å². The molecule has 0 aliphatic heterocycles. The summed E-state index contributed by atoms with van der Waals surface area (Å²) in [6.07, 6.45) is 0. The Morgan fingerprint density at radius 2 is 1.67 bits per heavy atom. The van der Waals surface area contributed by atoms with Crippen molar-refractivity contribution < 1.29 is 28.5 Å². The van der Waals surface area contributed by atoms with Crippen LogP contribution in [-0.2, 0) is 28.5 Å². The molecule has 6 nitrogen and oxygen atoms in total. The van der Waals surface area contributed by atoms with E-state index in [2.05, 4.69) is 9.47 Å². The van der Waals surface area contributed by atoms with Gasteiger partial charge in [0.25, 0.3) is 0 Å². The molecule has 0 bridgehead atoms. The average molecular weight is 219 g/mol. The highest BCUT2D eigenvalue weighted by Gasteiger charge is 2.46. The Balaban J connectivity index is 4.73. The number of carbonyl (C=O) groups excluding carboxylic acids is 2. The van der Waals surface area contributed by atoms with Crippen LogP contribution >= 0.6 is 0 Å². The Morgan fingerprint density at radius 1 is 1.13 bits per heavy atom. The molecule has 0 rings (SSSR count). The summed E-state index contributed by atoms with van der Waals surface area (Å²) in [5.74, 6) is -3.03. The van der Waals surface area contributed by atoms with E-state index in [1.807, 2.05) is 0 Å². The van der Waals surface area contributed by atoms with Crippen molar-refractivity contribution in [1.82, 2.24) is 0 Å². The highest BCUT2D eigenvalue weighted by molar-refractivity contribution is 5.77. The molecule has 0 aliphatic rings. The first-order valence-corrected chi connectivity index (χ1v) is 4.67. The summed E-state index contributed by atoms with van der Waals surface area (Å²) >= 11 is 0. The molecule has 0 aliphatic carbocycles. The molecule has 0 heterocycles. The molecular weight excluding hydrogens is 204 g/mol. The van der Waals surface area contributed by atoms with Gasteiger partial charge in [-0.15, -0.1) is 0 Å². The summed E-state index contributed by atoms with van der Waals surface area (Å²) < 4.78 is 19.0. The van der Waals surface area contributed by atoms with E-state index in [1.54, 1.807) is 20.8 Å². The Morgan fingerprint density at radius 3 is 2.00 bits per heavy atom. The van der Waals surface area contributed by atoms with E-state index in [-0.39, 0.29) is 19.8 Å². The summed E-state index contributed by atoms with van der Waals surface area (Å²) in [6, 6.07) is 0. The van der Waals surface area contributed by atoms with Gasteiger partial charge < -0.3 is 18.9 Å². The summed E-state index contributed by atoms with van der Waals surface area (Å²) in [4.78, 5) is 21.6. The Hall–Kier alpha value is -1.14. The summed E-state index contributed by atoms with van der Waals surface area (Å²) in [5, 5.41) is 0. The lowest BCUT2D eigenvalue weighted by Gasteiger charge is -2.26. The molecule has 0 amide bonds. The number of ether oxygens (including phenoxy) is 4. The molecule has 0 aromatic heterocycles. The third kappa shape index (κ3) is 3.85. The summed E-state index contributed by atoms with van der Waals surface area (Å²) in [6.45, 7) is 6.36. The molecule has 0 N–H and O–H groups in total. The second-order valence-electron chi connectivity index (χ2n) is 2.33. The fourth-order valence-corrected chi connectivity index (χ4v) is 0.914. The van der Waals surface area contributed by atoms with Crippen LogP contribution < -0.4 is 0 Å². The molecule has 0 atom stereocenters. The lowest BCUT2D eigenvalue weighted by Crippen LogP contribution is -2.48. The molecule has 6 heteroatoms. The predicted octanol–water partition coefficient (Wildman–Crippen LogP) is 0.360. The van der Waals surface area contributed by atoms with Crippen molar-refractivity contribution in [3.05, 3.63) is 0 Å². The quantitative estimate of drug-likeness (QED) is 0.433. The number of carbonyl (C=O) groups is 1. The zero-order valence-corrected chi connectivity index (χ0v) is 9.07. The third-order valence-electron chi connectivity index (χ3n) is 1.37. The van der Waals surface area contributed by atoms with Crippen molar-refractivity contribution in [2.45, 2.75) is 26.7 Å². The van der Waals surface area contributed by atoms with E-state index in [0.717, 1.165) is 6.47 Å². The van der Waals surface area contributed by atoms with Crippen LogP contribution in [0.1, 0.15) is 20.8 Å². The lowest BCUT2D eigenvalue weighted by atomic mass is 10.5. The first-order valence-electron chi connectivity index (χ1n) is 4.67. The minimum atomic E-state index is -2.12. The topological polar surface area (TPSA) is 71.1 Å². The second-order valence-corrected chi connectivity index (χ2v) is 2.33. The van der Waals surface area contributed by atoms with E-state index >= 15 is 0 Å². The van der Waals surface area contributed by atoms with Crippen LogP contribution in [0, 0.1) is 0 Å². The fourth-order valence-electron chi connectivity index (χ4n) is 0.914. The predicted molar refractivity (Wildman–Crippen MR) is 49.4 cm³/mol. The van der Waals surface area contributed by atoms with Crippen molar-refractivity contribution >= 4 is 12.4 Å². The standard InChI is InChI=1S/C9H15O6/c1-4-12-8(11)9(13-5-2,14-6-3)15-7-10/h4-6H2,1-3H3. The molecule has 0 aromatic rings. The van der Waals surface area contributed by atoms with Gasteiger partial charge in [-0.1, -0.05) is 0 Å².